The predicted octanol–water partition coefficient (Wildman–Crippen LogP) is 5.37. The van der Waals surface area contributed by atoms with E-state index in [2.05, 4.69) is 98.6 Å². The molecule has 0 aromatic heterocycles. The van der Waals surface area contributed by atoms with Gasteiger partial charge < -0.3 is 9.64 Å². The molecule has 1 spiro atoms. The number of fused-ring (bicyclic) bond motifs is 4. The van der Waals surface area contributed by atoms with E-state index in [-0.39, 0.29) is 5.41 Å². The number of anilines is 1. The van der Waals surface area contributed by atoms with Gasteiger partial charge >= 0.3 is 0 Å². The molecule has 0 aliphatic carbocycles. The zero-order valence-electron chi connectivity index (χ0n) is 14.8. The van der Waals surface area contributed by atoms with Gasteiger partial charge in [0.15, 0.2) is 0 Å². The highest BCUT2D eigenvalue weighted by Gasteiger charge is 2.57. The van der Waals surface area contributed by atoms with Crippen molar-refractivity contribution in [3.63, 3.8) is 0 Å². The first-order valence-electron chi connectivity index (χ1n) is 8.78. The van der Waals surface area contributed by atoms with Crippen LogP contribution in [-0.4, -0.2) is 12.8 Å². The molecule has 2 aliphatic heterocycles. The molecule has 0 fully saturated rings. The maximum atomic E-state index is 6.74. The Balaban J connectivity index is 1.72. The van der Waals surface area contributed by atoms with Crippen LogP contribution in [0.25, 0.3) is 16.8 Å². The molecular formula is C23H21NO. The quantitative estimate of drug-likeness (QED) is 0.550. The van der Waals surface area contributed by atoms with Crippen LogP contribution in [0, 0.1) is 0 Å². The monoisotopic (exact) mass is 327 g/mol. The summed E-state index contributed by atoms with van der Waals surface area (Å²) in [5, 5.41) is 2.48. The van der Waals surface area contributed by atoms with Gasteiger partial charge in [-0.2, -0.15) is 0 Å². The lowest BCUT2D eigenvalue weighted by Gasteiger charge is -2.46. The summed E-state index contributed by atoms with van der Waals surface area (Å²) in [5.74, 6) is 0.953. The first kappa shape index (κ1) is 14.6. The standard InChI is InChI=1S/C23H21NO/c1-22(2)19-10-6-7-11-20(19)24(3)23(22)15-14-18-17-9-5-4-8-16(17)12-13-21(18)25-23/h4-15H,1-3H3/t23-/m1/s1. The lowest BCUT2D eigenvalue weighted by Crippen LogP contribution is -2.58. The molecule has 0 amide bonds. The van der Waals surface area contributed by atoms with Crippen molar-refractivity contribution in [2.75, 3.05) is 11.9 Å². The molecule has 2 aliphatic rings. The normalized spacial score (nSPS) is 22.8. The van der Waals surface area contributed by atoms with E-state index in [0.717, 1.165) is 5.75 Å². The molecule has 0 radical (unpaired) electrons. The van der Waals surface area contributed by atoms with E-state index < -0.39 is 5.72 Å². The maximum absolute atomic E-state index is 6.74. The lowest BCUT2D eigenvalue weighted by atomic mass is 9.76. The maximum Gasteiger partial charge on any atom is 0.211 e. The van der Waals surface area contributed by atoms with Crippen molar-refractivity contribution in [1.29, 1.82) is 0 Å². The molecule has 1 atom stereocenters. The van der Waals surface area contributed by atoms with Crippen molar-refractivity contribution in [1.82, 2.24) is 0 Å². The van der Waals surface area contributed by atoms with Crippen LogP contribution in [0.1, 0.15) is 25.0 Å². The van der Waals surface area contributed by atoms with Crippen molar-refractivity contribution in [3.8, 4) is 5.75 Å². The SMILES string of the molecule is CN1c2ccccc2C(C)(C)[C@]12C=Cc1c(ccc3ccccc13)O2. The van der Waals surface area contributed by atoms with Crippen LogP contribution in [0.15, 0.2) is 66.7 Å². The minimum atomic E-state index is -0.508. The highest BCUT2D eigenvalue weighted by atomic mass is 16.5. The number of likely N-dealkylation sites (N-methyl/N-ethyl adjacent to an activating group) is 1. The number of ether oxygens (including phenoxy) is 1. The number of nitrogens with zero attached hydrogens (tertiary/aromatic N) is 1. The van der Waals surface area contributed by atoms with Gasteiger partial charge in [0.05, 0.1) is 5.41 Å². The summed E-state index contributed by atoms with van der Waals surface area (Å²) in [6, 6.07) is 21.3. The molecule has 5 rings (SSSR count). The molecule has 25 heavy (non-hydrogen) atoms. The molecule has 0 bridgehead atoms. The zero-order valence-corrected chi connectivity index (χ0v) is 14.8. The van der Waals surface area contributed by atoms with Gasteiger partial charge in [-0.15, -0.1) is 0 Å². The largest absolute Gasteiger partial charge is 0.463 e. The van der Waals surface area contributed by atoms with Gasteiger partial charge in [0.25, 0.3) is 0 Å². The van der Waals surface area contributed by atoms with Gasteiger partial charge in [0.1, 0.15) is 5.75 Å². The van der Waals surface area contributed by atoms with Gasteiger partial charge in [-0.25, -0.2) is 0 Å². The van der Waals surface area contributed by atoms with Crippen molar-refractivity contribution in [2.45, 2.75) is 25.0 Å². The summed E-state index contributed by atoms with van der Waals surface area (Å²) >= 11 is 0. The summed E-state index contributed by atoms with van der Waals surface area (Å²) in [6.45, 7) is 4.54. The smallest absolute Gasteiger partial charge is 0.211 e. The van der Waals surface area contributed by atoms with Crippen LogP contribution in [0.5, 0.6) is 5.75 Å². The zero-order chi connectivity index (χ0) is 17.2. The van der Waals surface area contributed by atoms with Crippen molar-refractivity contribution >= 4 is 22.5 Å². The average molecular weight is 327 g/mol. The molecule has 2 nitrogen and oxygen atoms in total. The van der Waals surface area contributed by atoms with Gasteiger partial charge in [0.2, 0.25) is 5.72 Å². The summed E-state index contributed by atoms with van der Waals surface area (Å²) in [4.78, 5) is 2.27. The number of hydrogen-bond acceptors (Lipinski definition) is 2. The average Bonchev–Trinajstić information content (AvgIpc) is 2.81. The number of benzene rings is 3. The lowest BCUT2D eigenvalue weighted by molar-refractivity contribution is 0.0584. The van der Waals surface area contributed by atoms with Gasteiger partial charge in [-0.1, -0.05) is 48.5 Å². The van der Waals surface area contributed by atoms with E-state index in [4.69, 9.17) is 4.74 Å². The molecular weight excluding hydrogens is 306 g/mol. The second kappa shape index (κ2) is 4.66. The molecule has 2 heteroatoms. The first-order chi connectivity index (χ1) is 12.0. The van der Waals surface area contributed by atoms with Crippen molar-refractivity contribution in [3.05, 3.63) is 77.9 Å². The Morgan fingerprint density at radius 1 is 0.880 bits per heavy atom. The summed E-state index contributed by atoms with van der Waals surface area (Å²) < 4.78 is 6.74. The number of para-hydroxylation sites is 1. The second-order valence-electron chi connectivity index (χ2n) is 7.53. The molecule has 2 heterocycles. The molecule has 3 aromatic rings. The number of hydrogen-bond donors (Lipinski definition) is 0. The third-order valence-corrected chi connectivity index (χ3v) is 6.00. The topological polar surface area (TPSA) is 12.5 Å². The molecule has 3 aromatic carbocycles. The minimum absolute atomic E-state index is 0.155. The Bertz CT molecular complexity index is 1030. The third kappa shape index (κ3) is 1.69. The van der Waals surface area contributed by atoms with Crippen molar-refractivity contribution < 1.29 is 4.74 Å². The molecule has 0 unspecified atom stereocenters. The van der Waals surface area contributed by atoms with E-state index >= 15 is 0 Å². The fourth-order valence-electron chi connectivity index (χ4n) is 4.54. The molecule has 0 saturated heterocycles. The Kier molecular flexibility index (Phi) is 2.72. The van der Waals surface area contributed by atoms with E-state index in [0.29, 0.717) is 0 Å². The third-order valence-electron chi connectivity index (χ3n) is 6.00. The van der Waals surface area contributed by atoms with Crippen molar-refractivity contribution in [2.24, 2.45) is 0 Å². The van der Waals surface area contributed by atoms with Gasteiger partial charge in [-0.05, 0) is 54.5 Å². The van der Waals surface area contributed by atoms with Crippen LogP contribution >= 0.6 is 0 Å². The fraction of sp³-hybridized carbons (Fsp3) is 0.217. The van der Waals surface area contributed by atoms with E-state index in [9.17, 15) is 0 Å². The van der Waals surface area contributed by atoms with E-state index in [1.165, 1.54) is 27.6 Å². The van der Waals surface area contributed by atoms with Crippen LogP contribution in [0.4, 0.5) is 5.69 Å². The van der Waals surface area contributed by atoms with E-state index in [1.807, 2.05) is 0 Å². The highest BCUT2D eigenvalue weighted by molar-refractivity contribution is 5.94. The predicted molar refractivity (Wildman–Crippen MR) is 104 cm³/mol. The Labute approximate surface area is 148 Å². The minimum Gasteiger partial charge on any atom is -0.463 e. The Morgan fingerprint density at radius 2 is 1.64 bits per heavy atom. The highest BCUT2D eigenvalue weighted by Crippen LogP contribution is 2.54. The number of rotatable bonds is 0. The first-order valence-corrected chi connectivity index (χ1v) is 8.78. The van der Waals surface area contributed by atoms with Crippen LogP contribution < -0.4 is 9.64 Å². The molecule has 124 valence electrons. The Hall–Kier alpha value is -2.74. The molecule has 0 saturated carbocycles. The summed E-state index contributed by atoms with van der Waals surface area (Å²) in [5.41, 5.74) is 3.07. The van der Waals surface area contributed by atoms with Crippen LogP contribution in [-0.2, 0) is 5.41 Å². The molecule has 0 N–H and O–H groups in total. The second-order valence-corrected chi connectivity index (χ2v) is 7.53. The summed E-state index contributed by atoms with van der Waals surface area (Å²) in [6.07, 6.45) is 4.48. The Morgan fingerprint density at radius 3 is 2.48 bits per heavy atom. The van der Waals surface area contributed by atoms with Crippen LogP contribution in [0.3, 0.4) is 0 Å². The van der Waals surface area contributed by atoms with Gasteiger partial charge in [0, 0.05) is 18.3 Å². The van der Waals surface area contributed by atoms with E-state index in [1.54, 1.807) is 0 Å². The fourth-order valence-corrected chi connectivity index (χ4v) is 4.54. The van der Waals surface area contributed by atoms with Crippen LogP contribution in [0.2, 0.25) is 0 Å². The summed E-state index contributed by atoms with van der Waals surface area (Å²) in [7, 11) is 2.13. The van der Waals surface area contributed by atoms with Gasteiger partial charge in [-0.3, -0.25) is 0 Å².